The molecule has 174 valence electrons. The van der Waals surface area contributed by atoms with Crippen molar-refractivity contribution in [3.05, 3.63) is 94.5 Å². The van der Waals surface area contributed by atoms with Gasteiger partial charge in [0.25, 0.3) is 0 Å². The lowest BCUT2D eigenvalue weighted by Crippen LogP contribution is -2.45. The van der Waals surface area contributed by atoms with Crippen molar-refractivity contribution in [3.8, 4) is 0 Å². The minimum Gasteiger partial charge on any atom is -0.324 e. The van der Waals surface area contributed by atoms with Gasteiger partial charge in [-0.3, -0.25) is 4.79 Å². The van der Waals surface area contributed by atoms with Gasteiger partial charge in [0.2, 0.25) is 15.9 Å². The molecule has 0 aliphatic carbocycles. The van der Waals surface area contributed by atoms with Crippen LogP contribution in [0.5, 0.6) is 0 Å². The molecule has 3 rings (SSSR count). The number of hydrogen-bond donors (Lipinski definition) is 2. The number of sulfonamides is 1. The summed E-state index contributed by atoms with van der Waals surface area (Å²) in [5, 5.41) is 2.05. The topological polar surface area (TPSA) is 75.3 Å². The van der Waals surface area contributed by atoms with Crippen molar-refractivity contribution >= 4 is 33.2 Å². The molecule has 0 saturated heterocycles. The van der Waals surface area contributed by atoms with Gasteiger partial charge >= 0.3 is 6.18 Å². The summed E-state index contributed by atoms with van der Waals surface area (Å²) in [6.45, 7) is 1.79. The van der Waals surface area contributed by atoms with Crippen LogP contribution in [0.1, 0.15) is 16.7 Å². The van der Waals surface area contributed by atoms with E-state index in [0.717, 1.165) is 11.6 Å². The maximum Gasteiger partial charge on any atom is 0.418 e. The van der Waals surface area contributed by atoms with Crippen LogP contribution >= 0.6 is 11.6 Å². The van der Waals surface area contributed by atoms with Gasteiger partial charge in [0.1, 0.15) is 6.04 Å². The van der Waals surface area contributed by atoms with Crippen molar-refractivity contribution in [1.82, 2.24) is 4.72 Å². The standard InChI is InChI=1S/C23H20ClF3N2O3S/c1-15-7-10-18(11-8-15)33(31,32)29-21(13-16-5-3-2-4-6-16)22(30)28-20-12-9-17(24)14-19(20)23(25,26)27/h2-12,14,21,29H,13H2,1H3,(H,28,30)/t21-/m1/s1. The lowest BCUT2D eigenvalue weighted by molar-refractivity contribution is -0.137. The van der Waals surface area contributed by atoms with Gasteiger partial charge < -0.3 is 5.32 Å². The molecule has 10 heteroatoms. The molecule has 0 bridgehead atoms. The first-order valence-electron chi connectivity index (χ1n) is 9.76. The highest BCUT2D eigenvalue weighted by Crippen LogP contribution is 2.36. The van der Waals surface area contributed by atoms with Crippen molar-refractivity contribution in [2.24, 2.45) is 0 Å². The second-order valence-electron chi connectivity index (χ2n) is 7.35. The lowest BCUT2D eigenvalue weighted by Gasteiger charge is -2.20. The van der Waals surface area contributed by atoms with Crippen molar-refractivity contribution in [2.75, 3.05) is 5.32 Å². The first-order chi connectivity index (χ1) is 15.5. The third-order valence-electron chi connectivity index (χ3n) is 4.77. The minimum atomic E-state index is -4.77. The molecule has 33 heavy (non-hydrogen) atoms. The molecule has 0 aliphatic rings. The summed E-state index contributed by atoms with van der Waals surface area (Å²) >= 11 is 5.69. The van der Waals surface area contributed by atoms with Gasteiger partial charge in [0.15, 0.2) is 0 Å². The summed E-state index contributed by atoms with van der Waals surface area (Å²) in [6, 6.07) is 16.0. The Labute approximate surface area is 194 Å². The highest BCUT2D eigenvalue weighted by molar-refractivity contribution is 7.89. The number of halogens is 4. The Kier molecular flexibility index (Phi) is 7.46. The summed E-state index contributed by atoms with van der Waals surface area (Å²) in [6.07, 6.45) is -4.85. The van der Waals surface area contributed by atoms with E-state index in [9.17, 15) is 26.4 Å². The van der Waals surface area contributed by atoms with Gasteiger partial charge in [-0.05, 0) is 49.2 Å². The number of carbonyl (C=O) groups is 1. The van der Waals surface area contributed by atoms with Crippen molar-refractivity contribution in [2.45, 2.75) is 30.5 Å². The van der Waals surface area contributed by atoms with Crippen LogP contribution in [0.15, 0.2) is 77.7 Å². The molecule has 3 aromatic rings. The number of benzene rings is 3. The lowest BCUT2D eigenvalue weighted by atomic mass is 10.1. The molecule has 0 aromatic heterocycles. The SMILES string of the molecule is Cc1ccc(S(=O)(=O)N[C@H](Cc2ccccc2)C(=O)Nc2ccc(Cl)cc2C(F)(F)F)cc1. The third-order valence-corrected chi connectivity index (χ3v) is 6.50. The van der Waals surface area contributed by atoms with Gasteiger partial charge in [-0.2, -0.15) is 17.9 Å². The maximum atomic E-state index is 13.4. The highest BCUT2D eigenvalue weighted by Gasteiger charge is 2.35. The molecule has 1 amide bonds. The van der Waals surface area contributed by atoms with Gasteiger partial charge in [-0.25, -0.2) is 8.42 Å². The molecular formula is C23H20ClF3N2O3S. The Morgan fingerprint density at radius 3 is 2.24 bits per heavy atom. The number of carbonyl (C=O) groups excluding carboxylic acids is 1. The fourth-order valence-corrected chi connectivity index (χ4v) is 4.46. The van der Waals surface area contributed by atoms with Crippen LogP contribution in [0, 0.1) is 6.92 Å². The van der Waals surface area contributed by atoms with E-state index < -0.39 is 39.4 Å². The van der Waals surface area contributed by atoms with Crippen molar-refractivity contribution in [3.63, 3.8) is 0 Å². The quantitative estimate of drug-likeness (QED) is 0.472. The highest BCUT2D eigenvalue weighted by atomic mass is 35.5. The Morgan fingerprint density at radius 1 is 1.00 bits per heavy atom. The molecule has 2 N–H and O–H groups in total. The average molecular weight is 497 g/mol. The Hall–Kier alpha value is -2.88. The molecule has 0 radical (unpaired) electrons. The number of nitrogens with one attached hydrogen (secondary N) is 2. The zero-order chi connectivity index (χ0) is 24.2. The van der Waals surface area contributed by atoms with E-state index in [0.29, 0.717) is 11.6 Å². The zero-order valence-corrected chi connectivity index (χ0v) is 18.9. The second-order valence-corrected chi connectivity index (χ2v) is 9.50. The molecule has 3 aromatic carbocycles. The van der Waals surface area contributed by atoms with Gasteiger partial charge in [-0.1, -0.05) is 59.6 Å². The van der Waals surface area contributed by atoms with E-state index in [4.69, 9.17) is 11.6 Å². The first kappa shape index (κ1) is 24.8. The van der Waals surface area contributed by atoms with E-state index in [1.165, 1.54) is 18.2 Å². The fraction of sp³-hybridized carbons (Fsp3) is 0.174. The van der Waals surface area contributed by atoms with E-state index in [1.807, 2.05) is 0 Å². The van der Waals surface area contributed by atoms with Gasteiger partial charge in [0, 0.05) is 5.02 Å². The predicted molar refractivity (Wildman–Crippen MR) is 121 cm³/mol. The van der Waals surface area contributed by atoms with Gasteiger partial charge in [0.05, 0.1) is 16.1 Å². The van der Waals surface area contributed by atoms with E-state index in [-0.39, 0.29) is 16.3 Å². The largest absolute Gasteiger partial charge is 0.418 e. The third kappa shape index (κ3) is 6.56. The molecule has 0 saturated carbocycles. The summed E-state index contributed by atoms with van der Waals surface area (Å²) in [5.74, 6) is -0.942. The van der Waals surface area contributed by atoms with Crippen LogP contribution in [0.25, 0.3) is 0 Å². The van der Waals surface area contributed by atoms with E-state index in [1.54, 1.807) is 49.4 Å². The van der Waals surface area contributed by atoms with E-state index in [2.05, 4.69) is 10.0 Å². The zero-order valence-electron chi connectivity index (χ0n) is 17.4. The van der Waals surface area contributed by atoms with Crippen molar-refractivity contribution in [1.29, 1.82) is 0 Å². The minimum absolute atomic E-state index is 0.0681. The van der Waals surface area contributed by atoms with E-state index >= 15 is 0 Å². The molecule has 0 spiro atoms. The van der Waals surface area contributed by atoms with Crippen LogP contribution in [0.4, 0.5) is 18.9 Å². The second kappa shape index (κ2) is 9.94. The summed E-state index contributed by atoms with van der Waals surface area (Å²) in [7, 11) is -4.13. The molecular weight excluding hydrogens is 477 g/mol. The molecule has 0 fully saturated rings. The number of alkyl halides is 3. The van der Waals surface area contributed by atoms with Crippen LogP contribution in [-0.2, 0) is 27.4 Å². The molecule has 0 unspecified atom stereocenters. The Morgan fingerprint density at radius 2 is 1.64 bits per heavy atom. The Bertz CT molecular complexity index is 1230. The van der Waals surface area contributed by atoms with Crippen LogP contribution in [-0.4, -0.2) is 20.4 Å². The van der Waals surface area contributed by atoms with Crippen LogP contribution < -0.4 is 10.0 Å². The number of hydrogen-bond acceptors (Lipinski definition) is 3. The maximum absolute atomic E-state index is 13.4. The smallest absolute Gasteiger partial charge is 0.324 e. The number of aryl methyl sites for hydroxylation is 1. The average Bonchev–Trinajstić information content (AvgIpc) is 2.74. The predicted octanol–water partition coefficient (Wildman–Crippen LogP) is 5.20. The summed E-state index contributed by atoms with van der Waals surface area (Å²) in [5.41, 5.74) is -0.195. The monoisotopic (exact) mass is 496 g/mol. The van der Waals surface area contributed by atoms with Crippen LogP contribution in [0.3, 0.4) is 0 Å². The number of amides is 1. The molecule has 0 aliphatic heterocycles. The Balaban J connectivity index is 1.93. The van der Waals surface area contributed by atoms with Crippen LogP contribution in [0.2, 0.25) is 5.02 Å². The first-order valence-corrected chi connectivity index (χ1v) is 11.6. The van der Waals surface area contributed by atoms with Crippen molar-refractivity contribution < 1.29 is 26.4 Å². The molecule has 5 nitrogen and oxygen atoms in total. The molecule has 1 atom stereocenters. The number of rotatable bonds is 7. The normalized spacial score (nSPS) is 12.9. The number of anilines is 1. The summed E-state index contributed by atoms with van der Waals surface area (Å²) in [4.78, 5) is 12.9. The molecule has 0 heterocycles. The summed E-state index contributed by atoms with van der Waals surface area (Å²) < 4.78 is 68.4. The fourth-order valence-electron chi connectivity index (χ4n) is 3.09. The van der Waals surface area contributed by atoms with Gasteiger partial charge in [-0.15, -0.1) is 0 Å².